The van der Waals surface area contributed by atoms with Crippen molar-refractivity contribution in [3.8, 4) is 0 Å². The van der Waals surface area contributed by atoms with Crippen LogP contribution in [0.25, 0.3) is 0 Å². The zero-order valence-corrected chi connectivity index (χ0v) is 12.3. The third kappa shape index (κ3) is 3.56. The summed E-state index contributed by atoms with van der Waals surface area (Å²) in [6.45, 7) is 6.49. The molecule has 0 N–H and O–H groups in total. The van der Waals surface area contributed by atoms with Crippen LogP contribution in [0.4, 0.5) is 4.39 Å². The van der Waals surface area contributed by atoms with Crippen molar-refractivity contribution in [3.63, 3.8) is 0 Å². The van der Waals surface area contributed by atoms with Gasteiger partial charge in [0, 0.05) is 0 Å². The van der Waals surface area contributed by atoms with Gasteiger partial charge in [0.1, 0.15) is 6.10 Å². The van der Waals surface area contributed by atoms with E-state index in [1.54, 1.807) is 0 Å². The number of esters is 1. The summed E-state index contributed by atoms with van der Waals surface area (Å²) in [4.78, 5) is 15.7. The van der Waals surface area contributed by atoms with E-state index in [0.717, 1.165) is 12.8 Å². The molecule has 1 fully saturated rings. The highest BCUT2D eigenvalue weighted by molar-refractivity contribution is 5.87. The second kappa shape index (κ2) is 6.33. The lowest BCUT2D eigenvalue weighted by Crippen LogP contribution is -2.36. The van der Waals surface area contributed by atoms with E-state index in [0.29, 0.717) is 17.8 Å². The predicted octanol–water partition coefficient (Wildman–Crippen LogP) is 3.84. The van der Waals surface area contributed by atoms with Gasteiger partial charge in [-0.2, -0.15) is 4.39 Å². The highest BCUT2D eigenvalue weighted by atomic mass is 19.1. The quantitative estimate of drug-likeness (QED) is 0.623. The van der Waals surface area contributed by atoms with E-state index in [2.05, 4.69) is 25.8 Å². The largest absolute Gasteiger partial charge is 0.457 e. The molecular formula is C16H22FNO2. The Hall–Kier alpha value is -1.45. The third-order valence-electron chi connectivity index (χ3n) is 4.14. The first-order valence-electron chi connectivity index (χ1n) is 7.31. The molecule has 1 aromatic rings. The molecule has 2 rings (SSSR count). The average molecular weight is 279 g/mol. The molecule has 1 saturated carbocycles. The molecule has 1 aliphatic rings. The van der Waals surface area contributed by atoms with Gasteiger partial charge in [-0.25, -0.2) is 9.78 Å². The van der Waals surface area contributed by atoms with Crippen molar-refractivity contribution in [2.75, 3.05) is 0 Å². The Morgan fingerprint density at radius 1 is 1.40 bits per heavy atom. The molecular weight excluding hydrogens is 257 g/mol. The molecule has 0 spiro atoms. The van der Waals surface area contributed by atoms with E-state index >= 15 is 0 Å². The maximum atomic E-state index is 13.1. The van der Waals surface area contributed by atoms with Crippen LogP contribution in [0, 0.1) is 23.7 Å². The Labute approximate surface area is 119 Å². The number of rotatable bonds is 3. The lowest BCUT2D eigenvalue weighted by molar-refractivity contribution is -0.0180. The van der Waals surface area contributed by atoms with Gasteiger partial charge < -0.3 is 4.74 Å². The summed E-state index contributed by atoms with van der Waals surface area (Å²) in [6.07, 6.45) is 3.04. The number of ether oxygens (including phenoxy) is 1. The Kier molecular flexibility index (Phi) is 4.73. The Balaban J connectivity index is 2.08. The summed E-state index contributed by atoms with van der Waals surface area (Å²) in [7, 11) is 0. The molecule has 0 saturated heterocycles. The molecule has 0 aromatic carbocycles. The van der Waals surface area contributed by atoms with Crippen molar-refractivity contribution in [3.05, 3.63) is 29.8 Å². The van der Waals surface area contributed by atoms with Crippen LogP contribution in [-0.4, -0.2) is 17.1 Å². The number of aromatic nitrogens is 1. The summed E-state index contributed by atoms with van der Waals surface area (Å²) in [5.41, 5.74) is 0.0470. The summed E-state index contributed by atoms with van der Waals surface area (Å²) in [5.74, 6) is 0.235. The monoisotopic (exact) mass is 279 g/mol. The molecule has 3 unspecified atom stereocenters. The predicted molar refractivity (Wildman–Crippen MR) is 74.7 cm³/mol. The van der Waals surface area contributed by atoms with Gasteiger partial charge in [-0.3, -0.25) is 0 Å². The molecule has 1 heterocycles. The smallest absolute Gasteiger partial charge is 0.357 e. The van der Waals surface area contributed by atoms with Crippen LogP contribution >= 0.6 is 0 Å². The van der Waals surface area contributed by atoms with Crippen LogP contribution < -0.4 is 0 Å². The second-order valence-electron chi connectivity index (χ2n) is 6.12. The van der Waals surface area contributed by atoms with Gasteiger partial charge in [0.05, 0.1) is 0 Å². The van der Waals surface area contributed by atoms with E-state index in [-0.39, 0.29) is 11.8 Å². The number of halogens is 1. The molecule has 1 aromatic heterocycles. The van der Waals surface area contributed by atoms with Gasteiger partial charge in [0.25, 0.3) is 0 Å². The van der Waals surface area contributed by atoms with Gasteiger partial charge in [-0.05, 0) is 42.7 Å². The van der Waals surface area contributed by atoms with E-state index < -0.39 is 11.9 Å². The van der Waals surface area contributed by atoms with E-state index in [1.165, 1.54) is 24.6 Å². The van der Waals surface area contributed by atoms with Crippen molar-refractivity contribution >= 4 is 5.97 Å². The van der Waals surface area contributed by atoms with Crippen LogP contribution in [0.1, 0.15) is 50.5 Å². The van der Waals surface area contributed by atoms with E-state index in [4.69, 9.17) is 4.74 Å². The number of carbonyl (C=O) groups is 1. The Morgan fingerprint density at radius 2 is 2.15 bits per heavy atom. The van der Waals surface area contributed by atoms with Crippen LogP contribution in [0.2, 0.25) is 0 Å². The molecule has 110 valence electrons. The first kappa shape index (κ1) is 14.9. The normalized spacial score (nSPS) is 26.6. The summed E-state index contributed by atoms with van der Waals surface area (Å²) >= 11 is 0. The first-order chi connectivity index (χ1) is 9.47. The van der Waals surface area contributed by atoms with Crippen LogP contribution in [0.15, 0.2) is 18.2 Å². The average Bonchev–Trinajstić information content (AvgIpc) is 2.38. The summed E-state index contributed by atoms with van der Waals surface area (Å²) in [5, 5.41) is 0. The topological polar surface area (TPSA) is 39.2 Å². The molecule has 20 heavy (non-hydrogen) atoms. The molecule has 3 nitrogen and oxygen atoms in total. The lowest BCUT2D eigenvalue weighted by Gasteiger charge is -2.36. The van der Waals surface area contributed by atoms with Gasteiger partial charge >= 0.3 is 5.97 Å². The fourth-order valence-electron chi connectivity index (χ4n) is 2.97. The highest BCUT2D eigenvalue weighted by Gasteiger charge is 2.33. The zero-order valence-electron chi connectivity index (χ0n) is 12.3. The molecule has 0 aliphatic heterocycles. The van der Waals surface area contributed by atoms with Crippen molar-refractivity contribution < 1.29 is 13.9 Å². The van der Waals surface area contributed by atoms with Gasteiger partial charge in [0.15, 0.2) is 5.69 Å². The SMILES string of the molecule is CC1CCC(C(C)C)C(OC(=O)c2cccc(F)n2)C1. The van der Waals surface area contributed by atoms with Gasteiger partial charge in [0.2, 0.25) is 5.95 Å². The molecule has 0 amide bonds. The first-order valence-corrected chi connectivity index (χ1v) is 7.31. The fourth-order valence-corrected chi connectivity index (χ4v) is 2.97. The van der Waals surface area contributed by atoms with Crippen molar-refractivity contribution in [2.45, 2.75) is 46.1 Å². The van der Waals surface area contributed by atoms with E-state index in [9.17, 15) is 9.18 Å². The van der Waals surface area contributed by atoms with Crippen LogP contribution in [-0.2, 0) is 4.74 Å². The number of hydrogen-bond acceptors (Lipinski definition) is 3. The number of pyridine rings is 1. The number of carbonyl (C=O) groups excluding carboxylic acids is 1. The Bertz CT molecular complexity index is 475. The van der Waals surface area contributed by atoms with Crippen molar-refractivity contribution in [1.29, 1.82) is 0 Å². The molecule has 4 heteroatoms. The number of hydrogen-bond donors (Lipinski definition) is 0. The Morgan fingerprint density at radius 3 is 2.80 bits per heavy atom. The molecule has 0 radical (unpaired) electrons. The van der Waals surface area contributed by atoms with Gasteiger partial charge in [-0.15, -0.1) is 0 Å². The van der Waals surface area contributed by atoms with E-state index in [1.807, 2.05) is 0 Å². The van der Waals surface area contributed by atoms with Gasteiger partial charge in [-0.1, -0.05) is 33.3 Å². The summed E-state index contributed by atoms with van der Waals surface area (Å²) in [6, 6.07) is 4.18. The van der Waals surface area contributed by atoms with Crippen LogP contribution in [0.5, 0.6) is 0 Å². The second-order valence-corrected chi connectivity index (χ2v) is 6.12. The summed E-state index contributed by atoms with van der Waals surface area (Å²) < 4.78 is 18.7. The fraction of sp³-hybridized carbons (Fsp3) is 0.625. The number of nitrogens with zero attached hydrogens (tertiary/aromatic N) is 1. The minimum atomic E-state index is -0.656. The molecule has 0 bridgehead atoms. The maximum Gasteiger partial charge on any atom is 0.357 e. The molecule has 1 aliphatic carbocycles. The maximum absolute atomic E-state index is 13.1. The lowest BCUT2D eigenvalue weighted by atomic mass is 9.75. The minimum Gasteiger partial charge on any atom is -0.457 e. The van der Waals surface area contributed by atoms with Crippen LogP contribution in [0.3, 0.4) is 0 Å². The minimum absolute atomic E-state index is 0.0470. The standard InChI is InChI=1S/C16H22FNO2/c1-10(2)12-8-7-11(3)9-14(12)20-16(19)13-5-4-6-15(17)18-13/h4-6,10-12,14H,7-9H2,1-3H3. The highest BCUT2D eigenvalue weighted by Crippen LogP contribution is 2.35. The third-order valence-corrected chi connectivity index (χ3v) is 4.14. The van der Waals surface area contributed by atoms with Crippen molar-refractivity contribution in [1.82, 2.24) is 4.98 Å². The zero-order chi connectivity index (χ0) is 14.7. The van der Waals surface area contributed by atoms with Crippen molar-refractivity contribution in [2.24, 2.45) is 17.8 Å². The molecule has 3 atom stereocenters.